The molecule has 0 saturated carbocycles. The van der Waals surface area contributed by atoms with Crippen molar-refractivity contribution in [3.8, 4) is 11.1 Å². The highest BCUT2D eigenvalue weighted by molar-refractivity contribution is 7.79. The van der Waals surface area contributed by atoms with E-state index in [1.54, 1.807) is 25.1 Å². The highest BCUT2D eigenvalue weighted by Gasteiger charge is 2.03. The molecule has 0 bridgehead atoms. The topological polar surface area (TPSA) is 57.2 Å². The van der Waals surface area contributed by atoms with E-state index in [-0.39, 0.29) is 10.7 Å². The van der Waals surface area contributed by atoms with Gasteiger partial charge in [-0.15, -0.1) is 0 Å². The fraction of sp³-hybridized carbons (Fsp3) is 0.133. The lowest BCUT2D eigenvalue weighted by molar-refractivity contribution is -0.116. The molecule has 1 unspecified atom stereocenters. The van der Waals surface area contributed by atoms with Crippen LogP contribution < -0.4 is 0 Å². The molecule has 2 aromatic carbocycles. The fourth-order valence-electron chi connectivity index (χ4n) is 1.93. The van der Waals surface area contributed by atoms with Gasteiger partial charge in [-0.25, -0.2) is 0 Å². The van der Waals surface area contributed by atoms with Gasteiger partial charge in [-0.1, -0.05) is 36.4 Å². The van der Waals surface area contributed by atoms with Crippen LogP contribution in [0.15, 0.2) is 53.4 Å². The normalized spacial score (nSPS) is 12.1. The van der Waals surface area contributed by atoms with Crippen LogP contribution in [0.1, 0.15) is 12.5 Å². The zero-order valence-corrected chi connectivity index (χ0v) is 11.3. The van der Waals surface area contributed by atoms with Gasteiger partial charge in [-0.3, -0.25) is 9.00 Å². The zero-order chi connectivity index (χ0) is 13.8. The van der Waals surface area contributed by atoms with Gasteiger partial charge in [0.15, 0.2) is 0 Å². The van der Waals surface area contributed by atoms with Gasteiger partial charge in [0.1, 0.15) is 5.78 Å². The van der Waals surface area contributed by atoms with Crippen molar-refractivity contribution in [1.29, 1.82) is 0 Å². The molecule has 0 radical (unpaired) electrons. The van der Waals surface area contributed by atoms with Crippen molar-refractivity contribution in [1.82, 2.24) is 0 Å². The molecular weight excluding hydrogens is 260 g/mol. The summed E-state index contributed by atoms with van der Waals surface area (Å²) in [7, 11) is 0. The SMILES string of the molecule is CC(=O)Cc1cccc(-c2cccc(S(=O)[O-])c2)c1. The first-order chi connectivity index (χ1) is 9.06. The maximum absolute atomic E-state index is 11.1. The molecule has 0 amide bonds. The Bertz CT molecular complexity index is 635. The van der Waals surface area contributed by atoms with Gasteiger partial charge in [0.05, 0.1) is 0 Å². The van der Waals surface area contributed by atoms with E-state index >= 15 is 0 Å². The molecular formula is C15H13O3S-. The smallest absolute Gasteiger partial charge is 0.134 e. The summed E-state index contributed by atoms with van der Waals surface area (Å²) < 4.78 is 21.9. The molecule has 0 saturated heterocycles. The van der Waals surface area contributed by atoms with E-state index in [1.165, 1.54) is 0 Å². The Hall–Kier alpha value is -1.78. The molecule has 2 aromatic rings. The van der Waals surface area contributed by atoms with Gasteiger partial charge in [-0.2, -0.15) is 0 Å². The Morgan fingerprint density at radius 1 is 1.11 bits per heavy atom. The Morgan fingerprint density at radius 2 is 1.74 bits per heavy atom. The average molecular weight is 273 g/mol. The van der Waals surface area contributed by atoms with Crippen LogP contribution in [0.5, 0.6) is 0 Å². The quantitative estimate of drug-likeness (QED) is 0.805. The average Bonchev–Trinajstić information content (AvgIpc) is 2.38. The molecule has 0 spiro atoms. The first kappa shape index (κ1) is 13.6. The minimum Gasteiger partial charge on any atom is -0.768 e. The summed E-state index contributed by atoms with van der Waals surface area (Å²) >= 11 is -2.23. The maximum atomic E-state index is 11.1. The van der Waals surface area contributed by atoms with E-state index in [2.05, 4.69) is 0 Å². The number of carbonyl (C=O) groups excluding carboxylic acids is 1. The van der Waals surface area contributed by atoms with Gasteiger partial charge in [0.25, 0.3) is 0 Å². The monoisotopic (exact) mass is 273 g/mol. The van der Waals surface area contributed by atoms with E-state index in [1.807, 2.05) is 30.3 Å². The minimum atomic E-state index is -2.23. The lowest BCUT2D eigenvalue weighted by atomic mass is 10.0. The third-order valence-corrected chi connectivity index (χ3v) is 3.38. The second-order valence-corrected chi connectivity index (χ2v) is 5.28. The van der Waals surface area contributed by atoms with Gasteiger partial charge in [0.2, 0.25) is 0 Å². The van der Waals surface area contributed by atoms with Crippen LogP contribution in [0, 0.1) is 0 Å². The number of ketones is 1. The van der Waals surface area contributed by atoms with Crippen LogP contribution >= 0.6 is 0 Å². The predicted molar refractivity (Wildman–Crippen MR) is 73.4 cm³/mol. The number of hydrogen-bond acceptors (Lipinski definition) is 3. The van der Waals surface area contributed by atoms with Gasteiger partial charge in [-0.05, 0) is 46.8 Å². The van der Waals surface area contributed by atoms with Gasteiger partial charge < -0.3 is 4.55 Å². The summed E-state index contributed by atoms with van der Waals surface area (Å²) in [4.78, 5) is 11.4. The molecule has 2 rings (SSSR count). The van der Waals surface area contributed by atoms with Crippen molar-refractivity contribution < 1.29 is 13.6 Å². The summed E-state index contributed by atoms with van der Waals surface area (Å²) in [6.45, 7) is 1.55. The predicted octanol–water partition coefficient (Wildman–Crippen LogP) is 2.72. The largest absolute Gasteiger partial charge is 0.768 e. The van der Waals surface area contributed by atoms with E-state index in [4.69, 9.17) is 0 Å². The van der Waals surface area contributed by atoms with E-state index in [0.29, 0.717) is 6.42 Å². The van der Waals surface area contributed by atoms with E-state index in [0.717, 1.165) is 16.7 Å². The first-order valence-corrected chi connectivity index (χ1v) is 6.92. The standard InChI is InChI=1S/C15H14O3S/c1-11(16)8-12-4-2-5-13(9-12)14-6-3-7-15(10-14)19(17)18/h2-7,9-10H,8H2,1H3,(H,17,18)/p-1. The highest BCUT2D eigenvalue weighted by Crippen LogP contribution is 2.22. The van der Waals surface area contributed by atoms with Gasteiger partial charge >= 0.3 is 0 Å². The minimum absolute atomic E-state index is 0.103. The first-order valence-electron chi connectivity index (χ1n) is 5.84. The third-order valence-electron chi connectivity index (χ3n) is 2.74. The Morgan fingerprint density at radius 3 is 2.37 bits per heavy atom. The fourth-order valence-corrected chi connectivity index (χ4v) is 2.34. The summed E-state index contributed by atoms with van der Waals surface area (Å²) in [5, 5.41) is 0. The molecule has 0 N–H and O–H groups in total. The number of carbonyl (C=O) groups is 1. The highest BCUT2D eigenvalue weighted by atomic mass is 32.2. The number of benzene rings is 2. The summed E-state index contributed by atoms with van der Waals surface area (Å²) in [5.41, 5.74) is 2.66. The molecule has 0 fully saturated rings. The number of hydrogen-bond donors (Lipinski definition) is 0. The van der Waals surface area contributed by atoms with Gasteiger partial charge in [0, 0.05) is 11.3 Å². The Kier molecular flexibility index (Phi) is 4.24. The lowest BCUT2D eigenvalue weighted by Crippen LogP contribution is -1.96. The van der Waals surface area contributed by atoms with Crippen molar-refractivity contribution in [2.45, 2.75) is 18.2 Å². The molecule has 4 heteroatoms. The molecule has 0 aromatic heterocycles. The third kappa shape index (κ3) is 3.59. The van der Waals surface area contributed by atoms with Crippen LogP contribution in [-0.2, 0) is 22.3 Å². The molecule has 0 aliphatic rings. The molecule has 0 heterocycles. The lowest BCUT2D eigenvalue weighted by Gasteiger charge is -2.08. The van der Waals surface area contributed by atoms with Crippen LogP contribution in [0.25, 0.3) is 11.1 Å². The Labute approximate surface area is 114 Å². The van der Waals surface area contributed by atoms with Crippen LogP contribution in [0.3, 0.4) is 0 Å². The van der Waals surface area contributed by atoms with Crippen LogP contribution in [0.4, 0.5) is 0 Å². The summed E-state index contributed by atoms with van der Waals surface area (Å²) in [5.74, 6) is 0.103. The van der Waals surface area contributed by atoms with Crippen LogP contribution in [-0.4, -0.2) is 14.5 Å². The molecule has 19 heavy (non-hydrogen) atoms. The molecule has 0 aliphatic heterocycles. The van der Waals surface area contributed by atoms with Crippen molar-refractivity contribution in [2.75, 3.05) is 0 Å². The molecule has 0 aliphatic carbocycles. The van der Waals surface area contributed by atoms with Crippen molar-refractivity contribution in [3.05, 3.63) is 54.1 Å². The second-order valence-electron chi connectivity index (χ2n) is 4.34. The Balaban J connectivity index is 2.38. The summed E-state index contributed by atoms with van der Waals surface area (Å²) in [6, 6.07) is 14.3. The molecule has 1 atom stereocenters. The van der Waals surface area contributed by atoms with Crippen molar-refractivity contribution >= 4 is 16.9 Å². The maximum Gasteiger partial charge on any atom is 0.134 e. The molecule has 98 valence electrons. The second kappa shape index (κ2) is 5.91. The number of Topliss-reactive ketones (excluding diaryl/α,β-unsaturated/α-hetero) is 1. The number of rotatable bonds is 4. The van der Waals surface area contributed by atoms with Crippen LogP contribution in [0.2, 0.25) is 0 Å². The molecule has 3 nitrogen and oxygen atoms in total. The summed E-state index contributed by atoms with van der Waals surface area (Å²) in [6.07, 6.45) is 0.390. The zero-order valence-electron chi connectivity index (χ0n) is 10.5. The van der Waals surface area contributed by atoms with E-state index < -0.39 is 11.1 Å². The van der Waals surface area contributed by atoms with Crippen molar-refractivity contribution in [2.24, 2.45) is 0 Å². The van der Waals surface area contributed by atoms with E-state index in [9.17, 15) is 13.6 Å². The van der Waals surface area contributed by atoms with Crippen molar-refractivity contribution in [3.63, 3.8) is 0 Å².